The summed E-state index contributed by atoms with van der Waals surface area (Å²) < 4.78 is 0. The van der Waals surface area contributed by atoms with Crippen LogP contribution in [0, 0.1) is 0 Å². The Hall–Kier alpha value is -3.15. The number of nitrogens with zero attached hydrogens (tertiary/aromatic N) is 2. The van der Waals surface area contributed by atoms with Gasteiger partial charge in [-0.3, -0.25) is 9.59 Å². The maximum Gasteiger partial charge on any atom is 0.316 e. The second kappa shape index (κ2) is 5.81. The molecule has 24 heavy (non-hydrogen) atoms. The van der Waals surface area contributed by atoms with Gasteiger partial charge in [0.25, 0.3) is 0 Å². The number of carbonyl (C=O) groups is 2. The number of rotatable bonds is 1. The first kappa shape index (κ1) is 14.4. The Morgan fingerprint density at radius 2 is 2.04 bits per heavy atom. The van der Waals surface area contributed by atoms with Gasteiger partial charge in [0.05, 0.1) is 17.4 Å². The van der Waals surface area contributed by atoms with E-state index in [1.165, 1.54) is 0 Å². The van der Waals surface area contributed by atoms with Crippen LogP contribution in [0.3, 0.4) is 0 Å². The van der Waals surface area contributed by atoms with Gasteiger partial charge in [-0.1, -0.05) is 18.2 Å². The smallest absolute Gasteiger partial charge is 0.316 e. The highest BCUT2D eigenvalue weighted by Gasteiger charge is 2.27. The number of amides is 2. The number of H-pyrrole nitrogens is 1. The summed E-state index contributed by atoms with van der Waals surface area (Å²) in [5, 5.41) is 2.67. The van der Waals surface area contributed by atoms with E-state index < -0.39 is 11.8 Å². The van der Waals surface area contributed by atoms with Crippen LogP contribution in [-0.4, -0.2) is 28.3 Å². The van der Waals surface area contributed by atoms with Crippen LogP contribution in [0.2, 0.25) is 0 Å². The number of anilines is 2. The van der Waals surface area contributed by atoms with E-state index in [4.69, 9.17) is 0 Å². The lowest BCUT2D eigenvalue weighted by Crippen LogP contribution is -2.42. The van der Waals surface area contributed by atoms with E-state index in [1.807, 2.05) is 24.3 Å². The molecule has 0 aliphatic carbocycles. The van der Waals surface area contributed by atoms with Crippen molar-refractivity contribution in [3.05, 3.63) is 54.4 Å². The Balaban J connectivity index is 1.55. The van der Waals surface area contributed by atoms with Crippen LogP contribution in [0.15, 0.2) is 48.8 Å². The van der Waals surface area contributed by atoms with Crippen molar-refractivity contribution in [1.82, 2.24) is 9.97 Å². The lowest BCUT2D eigenvalue weighted by atomic mass is 10.0. The molecule has 0 spiro atoms. The van der Waals surface area contributed by atoms with Gasteiger partial charge in [-0.25, -0.2) is 4.98 Å². The summed E-state index contributed by atoms with van der Waals surface area (Å²) in [6.45, 7) is 0.558. The van der Waals surface area contributed by atoms with Gasteiger partial charge in [0.15, 0.2) is 0 Å². The first-order chi connectivity index (χ1) is 11.7. The molecule has 0 atom stereocenters. The average molecular weight is 320 g/mol. The maximum absolute atomic E-state index is 12.6. The van der Waals surface area contributed by atoms with Crippen molar-refractivity contribution in [3.63, 3.8) is 0 Å². The Morgan fingerprint density at radius 3 is 2.96 bits per heavy atom. The van der Waals surface area contributed by atoms with E-state index in [0.29, 0.717) is 12.2 Å². The molecule has 4 rings (SSSR count). The fraction of sp³-hybridized carbons (Fsp3) is 0.167. The van der Waals surface area contributed by atoms with Gasteiger partial charge in [-0.05, 0) is 42.7 Å². The number of aryl methyl sites for hydroxylation is 1. The average Bonchev–Trinajstić information content (AvgIpc) is 3.08. The first-order valence-electron chi connectivity index (χ1n) is 7.86. The number of aromatic nitrogens is 2. The molecule has 0 saturated carbocycles. The molecule has 2 aromatic carbocycles. The lowest BCUT2D eigenvalue weighted by molar-refractivity contribution is -0.134. The van der Waals surface area contributed by atoms with Gasteiger partial charge in [0.2, 0.25) is 0 Å². The number of carbonyl (C=O) groups excluding carboxylic acids is 2. The van der Waals surface area contributed by atoms with E-state index >= 15 is 0 Å². The zero-order valence-corrected chi connectivity index (χ0v) is 13.0. The van der Waals surface area contributed by atoms with Crippen molar-refractivity contribution in [2.45, 2.75) is 12.8 Å². The Kier molecular flexibility index (Phi) is 3.49. The van der Waals surface area contributed by atoms with Crippen molar-refractivity contribution in [2.75, 3.05) is 16.8 Å². The number of para-hydroxylation sites is 1. The van der Waals surface area contributed by atoms with Crippen molar-refractivity contribution in [2.24, 2.45) is 0 Å². The van der Waals surface area contributed by atoms with Crippen LogP contribution in [0.1, 0.15) is 12.0 Å². The van der Waals surface area contributed by atoms with Crippen molar-refractivity contribution in [1.29, 1.82) is 0 Å². The largest absolute Gasteiger partial charge is 0.345 e. The molecule has 1 aromatic heterocycles. The molecule has 120 valence electrons. The van der Waals surface area contributed by atoms with Crippen molar-refractivity contribution in [3.8, 4) is 0 Å². The number of hydrogen-bond donors (Lipinski definition) is 2. The molecular formula is C18H16N4O2. The second-order valence-electron chi connectivity index (χ2n) is 5.78. The van der Waals surface area contributed by atoms with Crippen molar-refractivity contribution < 1.29 is 9.59 Å². The highest BCUT2D eigenvalue weighted by Crippen LogP contribution is 2.27. The number of imidazole rings is 1. The molecule has 1 aliphatic rings. The van der Waals surface area contributed by atoms with Gasteiger partial charge in [-0.2, -0.15) is 0 Å². The maximum atomic E-state index is 12.6. The van der Waals surface area contributed by atoms with Gasteiger partial charge >= 0.3 is 11.8 Å². The van der Waals surface area contributed by atoms with Crippen LogP contribution in [0.4, 0.5) is 11.4 Å². The standard InChI is InChI=1S/C18H16N4O2/c23-17(21-13-7-8-14-15(10-13)20-11-19-14)18(24)22-9-3-5-12-4-1-2-6-16(12)22/h1-2,4,6-8,10-11H,3,5,9H2,(H,19,20)(H,21,23). The molecule has 0 fully saturated rings. The van der Waals surface area contributed by atoms with E-state index in [2.05, 4.69) is 15.3 Å². The lowest BCUT2D eigenvalue weighted by Gasteiger charge is -2.28. The molecule has 1 aliphatic heterocycles. The third-order valence-electron chi connectivity index (χ3n) is 4.23. The Bertz CT molecular complexity index is 931. The predicted molar refractivity (Wildman–Crippen MR) is 91.8 cm³/mol. The summed E-state index contributed by atoms with van der Waals surface area (Å²) in [5.41, 5.74) is 4.11. The SMILES string of the molecule is O=C(Nc1ccc2nc[nH]c2c1)C(=O)N1CCCc2ccccc21. The van der Waals surface area contributed by atoms with Crippen LogP contribution in [-0.2, 0) is 16.0 Å². The summed E-state index contributed by atoms with van der Waals surface area (Å²) >= 11 is 0. The Labute approximate surface area is 138 Å². The predicted octanol–water partition coefficient (Wildman–Crippen LogP) is 2.48. The number of aromatic amines is 1. The highest BCUT2D eigenvalue weighted by molar-refractivity contribution is 6.44. The Morgan fingerprint density at radius 1 is 1.17 bits per heavy atom. The minimum absolute atomic E-state index is 0.535. The number of benzene rings is 2. The third kappa shape index (κ3) is 2.52. The quantitative estimate of drug-likeness (QED) is 0.676. The molecule has 2 amide bonds. The first-order valence-corrected chi connectivity index (χ1v) is 7.86. The van der Waals surface area contributed by atoms with E-state index in [0.717, 1.165) is 35.1 Å². The molecule has 0 bridgehead atoms. The minimum Gasteiger partial charge on any atom is -0.345 e. The summed E-state index contributed by atoms with van der Waals surface area (Å²) in [6.07, 6.45) is 3.38. The summed E-state index contributed by atoms with van der Waals surface area (Å²) in [4.78, 5) is 33.6. The fourth-order valence-corrected chi connectivity index (χ4v) is 3.07. The summed E-state index contributed by atoms with van der Waals surface area (Å²) in [6, 6.07) is 13.0. The van der Waals surface area contributed by atoms with Crippen LogP contribution >= 0.6 is 0 Å². The molecular weight excluding hydrogens is 304 g/mol. The van der Waals surface area contributed by atoms with E-state index in [-0.39, 0.29) is 0 Å². The molecule has 2 heterocycles. The number of fused-ring (bicyclic) bond motifs is 2. The zero-order valence-electron chi connectivity index (χ0n) is 13.0. The minimum atomic E-state index is -0.634. The molecule has 0 radical (unpaired) electrons. The molecule has 6 nitrogen and oxygen atoms in total. The van der Waals surface area contributed by atoms with Crippen LogP contribution < -0.4 is 10.2 Å². The number of nitrogens with one attached hydrogen (secondary N) is 2. The molecule has 2 N–H and O–H groups in total. The molecule has 0 unspecified atom stereocenters. The topological polar surface area (TPSA) is 78.1 Å². The van der Waals surface area contributed by atoms with E-state index in [9.17, 15) is 9.59 Å². The second-order valence-corrected chi connectivity index (χ2v) is 5.78. The monoisotopic (exact) mass is 320 g/mol. The van der Waals surface area contributed by atoms with Gasteiger partial charge in [0.1, 0.15) is 0 Å². The normalized spacial score (nSPS) is 13.6. The molecule has 3 aromatic rings. The summed E-state index contributed by atoms with van der Waals surface area (Å²) in [5.74, 6) is -1.17. The highest BCUT2D eigenvalue weighted by atomic mass is 16.2. The zero-order chi connectivity index (χ0) is 16.5. The van der Waals surface area contributed by atoms with Crippen molar-refractivity contribution >= 4 is 34.2 Å². The summed E-state index contributed by atoms with van der Waals surface area (Å²) in [7, 11) is 0. The van der Waals surface area contributed by atoms with Gasteiger partial charge in [0, 0.05) is 17.9 Å². The third-order valence-corrected chi connectivity index (χ3v) is 4.23. The van der Waals surface area contributed by atoms with Crippen LogP contribution in [0.5, 0.6) is 0 Å². The number of hydrogen-bond acceptors (Lipinski definition) is 3. The van der Waals surface area contributed by atoms with E-state index in [1.54, 1.807) is 29.4 Å². The van der Waals surface area contributed by atoms with Gasteiger partial charge in [-0.15, -0.1) is 0 Å². The fourth-order valence-electron chi connectivity index (χ4n) is 3.07. The molecule has 0 saturated heterocycles. The van der Waals surface area contributed by atoms with Crippen LogP contribution in [0.25, 0.3) is 11.0 Å². The van der Waals surface area contributed by atoms with Gasteiger partial charge < -0.3 is 15.2 Å². The molecule has 6 heteroatoms.